The van der Waals surface area contributed by atoms with Crippen molar-refractivity contribution in [2.24, 2.45) is 0 Å². The van der Waals surface area contributed by atoms with E-state index in [9.17, 15) is 22.4 Å². The summed E-state index contributed by atoms with van der Waals surface area (Å²) < 4.78 is 44.7. The summed E-state index contributed by atoms with van der Waals surface area (Å²) in [6.45, 7) is -0.715. The number of anilines is 1. The second-order valence-corrected chi connectivity index (χ2v) is 8.31. The van der Waals surface area contributed by atoms with E-state index < -0.39 is 34.3 Å². The Morgan fingerprint density at radius 2 is 1.93 bits per heavy atom. The number of benzene rings is 2. The molecule has 7 nitrogen and oxygen atoms in total. The van der Waals surface area contributed by atoms with Crippen molar-refractivity contribution >= 4 is 55.1 Å². The molecular weight excluding hydrogens is 467 g/mol. The van der Waals surface area contributed by atoms with E-state index in [1.54, 1.807) is 0 Å². The molecule has 2 N–H and O–H groups in total. The fraction of sp³-hybridized carbons (Fsp3) is 0.125. The van der Waals surface area contributed by atoms with Crippen molar-refractivity contribution in [1.29, 1.82) is 0 Å². The third-order valence-corrected chi connectivity index (χ3v) is 5.51. The van der Waals surface area contributed by atoms with Gasteiger partial charge < -0.3 is 10.1 Å². The number of carbonyl (C=O) groups is 2. The minimum atomic E-state index is -3.79. The Bertz CT molecular complexity index is 1000. The van der Waals surface area contributed by atoms with Crippen LogP contribution in [0.3, 0.4) is 0 Å². The molecule has 2 aromatic rings. The first-order chi connectivity index (χ1) is 12.6. The molecule has 2 rings (SSSR count). The number of sulfonamides is 1. The van der Waals surface area contributed by atoms with Crippen LogP contribution in [0.1, 0.15) is 10.4 Å². The number of ether oxygens (including phenoxy) is 1. The van der Waals surface area contributed by atoms with Gasteiger partial charge in [-0.2, -0.15) is 0 Å². The Morgan fingerprint density at radius 3 is 2.56 bits per heavy atom. The summed E-state index contributed by atoms with van der Waals surface area (Å²) in [6.07, 6.45) is 0. The minimum Gasteiger partial charge on any atom is -0.452 e. The average Bonchev–Trinajstić information content (AvgIpc) is 2.62. The second-order valence-electron chi connectivity index (χ2n) is 5.10. The third-order valence-electron chi connectivity index (χ3n) is 3.28. The first-order valence-electron chi connectivity index (χ1n) is 7.29. The SMILES string of the molecule is CNS(=O)(=O)c1ccc(Cl)c(C(=O)OCC(=O)Nc2ccc(Br)cc2F)c1. The van der Waals surface area contributed by atoms with E-state index in [-0.39, 0.29) is 21.2 Å². The molecule has 0 atom stereocenters. The zero-order valence-corrected chi connectivity index (χ0v) is 16.9. The van der Waals surface area contributed by atoms with Crippen LogP contribution in [0.5, 0.6) is 0 Å². The molecule has 0 aromatic heterocycles. The van der Waals surface area contributed by atoms with E-state index in [2.05, 4.69) is 26.0 Å². The topological polar surface area (TPSA) is 102 Å². The van der Waals surface area contributed by atoms with Crippen LogP contribution in [0, 0.1) is 5.82 Å². The highest BCUT2D eigenvalue weighted by molar-refractivity contribution is 9.10. The molecule has 0 aliphatic heterocycles. The lowest BCUT2D eigenvalue weighted by molar-refractivity contribution is -0.119. The molecule has 0 saturated heterocycles. The molecule has 144 valence electrons. The summed E-state index contributed by atoms with van der Waals surface area (Å²) >= 11 is 8.98. The smallest absolute Gasteiger partial charge is 0.340 e. The molecule has 1 amide bonds. The maximum absolute atomic E-state index is 13.7. The number of esters is 1. The fourth-order valence-corrected chi connectivity index (χ4v) is 3.22. The Labute approximate surface area is 168 Å². The summed E-state index contributed by atoms with van der Waals surface area (Å²) in [7, 11) is -2.58. The molecule has 27 heavy (non-hydrogen) atoms. The zero-order valence-electron chi connectivity index (χ0n) is 13.8. The van der Waals surface area contributed by atoms with Gasteiger partial charge >= 0.3 is 5.97 Å². The van der Waals surface area contributed by atoms with Gasteiger partial charge in [0.25, 0.3) is 5.91 Å². The van der Waals surface area contributed by atoms with Crippen LogP contribution in [0.15, 0.2) is 45.8 Å². The van der Waals surface area contributed by atoms with Crippen molar-refractivity contribution in [3.63, 3.8) is 0 Å². The molecule has 2 aromatic carbocycles. The standard InChI is InChI=1S/C16H13BrClFN2O5S/c1-20-27(24,25)10-3-4-12(18)11(7-10)16(23)26-8-15(22)21-14-5-2-9(17)6-13(14)19/h2-7,20H,8H2,1H3,(H,21,22). The van der Waals surface area contributed by atoms with E-state index in [1.165, 1.54) is 31.3 Å². The second kappa shape index (κ2) is 8.79. The number of halogens is 3. The van der Waals surface area contributed by atoms with Crippen LogP contribution in [-0.2, 0) is 19.6 Å². The fourth-order valence-electron chi connectivity index (χ4n) is 1.93. The molecule has 0 spiro atoms. The molecular formula is C16H13BrClFN2O5S. The van der Waals surface area contributed by atoms with Crippen molar-refractivity contribution in [2.75, 3.05) is 19.0 Å². The van der Waals surface area contributed by atoms with Crippen LogP contribution >= 0.6 is 27.5 Å². The lowest BCUT2D eigenvalue weighted by atomic mass is 10.2. The number of rotatable bonds is 6. The van der Waals surface area contributed by atoms with Crippen molar-refractivity contribution in [3.8, 4) is 0 Å². The molecule has 0 unspecified atom stereocenters. The molecule has 0 radical (unpaired) electrons. The number of hydrogen-bond donors (Lipinski definition) is 2. The highest BCUT2D eigenvalue weighted by Gasteiger charge is 2.19. The summed E-state index contributed by atoms with van der Waals surface area (Å²) in [5, 5.41) is 2.21. The molecule has 0 fully saturated rings. The van der Waals surface area contributed by atoms with Gasteiger partial charge in [0.15, 0.2) is 6.61 Å². The Kier molecular flexibility index (Phi) is 6.93. The van der Waals surface area contributed by atoms with Crippen LogP contribution < -0.4 is 10.0 Å². The summed E-state index contributed by atoms with van der Waals surface area (Å²) in [4.78, 5) is 23.8. The average molecular weight is 480 g/mol. The molecule has 0 aliphatic rings. The van der Waals surface area contributed by atoms with Gasteiger partial charge in [0, 0.05) is 4.47 Å². The number of hydrogen-bond acceptors (Lipinski definition) is 5. The van der Waals surface area contributed by atoms with Gasteiger partial charge in [-0.15, -0.1) is 0 Å². The molecule has 11 heteroatoms. The minimum absolute atomic E-state index is 0.0468. The Morgan fingerprint density at radius 1 is 1.22 bits per heavy atom. The maximum Gasteiger partial charge on any atom is 0.340 e. The third kappa shape index (κ3) is 5.48. The highest BCUT2D eigenvalue weighted by Crippen LogP contribution is 2.22. The predicted molar refractivity (Wildman–Crippen MR) is 101 cm³/mol. The quantitative estimate of drug-likeness (QED) is 0.620. The van der Waals surface area contributed by atoms with Gasteiger partial charge in [0.1, 0.15) is 5.82 Å². The van der Waals surface area contributed by atoms with Crippen molar-refractivity contribution < 1.29 is 27.1 Å². The van der Waals surface area contributed by atoms with Gasteiger partial charge in [-0.1, -0.05) is 27.5 Å². The van der Waals surface area contributed by atoms with Crippen LogP contribution in [0.25, 0.3) is 0 Å². The van der Waals surface area contributed by atoms with Crippen molar-refractivity contribution in [1.82, 2.24) is 4.72 Å². The molecule has 0 aliphatic carbocycles. The molecule has 0 saturated carbocycles. The van der Waals surface area contributed by atoms with Gasteiger partial charge in [0.2, 0.25) is 10.0 Å². The van der Waals surface area contributed by atoms with E-state index in [0.717, 1.165) is 12.1 Å². The van der Waals surface area contributed by atoms with E-state index in [4.69, 9.17) is 16.3 Å². The lowest BCUT2D eigenvalue weighted by Crippen LogP contribution is -2.22. The zero-order chi connectivity index (χ0) is 20.2. The number of carbonyl (C=O) groups excluding carboxylic acids is 2. The summed E-state index contributed by atoms with van der Waals surface area (Å²) in [5.74, 6) is -2.45. The van der Waals surface area contributed by atoms with Crippen molar-refractivity contribution in [3.05, 3.63) is 57.3 Å². The largest absolute Gasteiger partial charge is 0.452 e. The lowest BCUT2D eigenvalue weighted by Gasteiger charge is -2.09. The maximum atomic E-state index is 13.7. The predicted octanol–water partition coefficient (Wildman–Crippen LogP) is 2.95. The first kappa shape index (κ1) is 21.3. The van der Waals surface area contributed by atoms with Gasteiger partial charge in [0.05, 0.1) is 21.2 Å². The normalized spacial score (nSPS) is 11.1. The first-order valence-corrected chi connectivity index (χ1v) is 9.94. The van der Waals surface area contributed by atoms with E-state index >= 15 is 0 Å². The monoisotopic (exact) mass is 478 g/mol. The van der Waals surface area contributed by atoms with E-state index in [1.807, 2.05) is 0 Å². The Hall–Kier alpha value is -2.01. The van der Waals surface area contributed by atoms with E-state index in [0.29, 0.717) is 4.47 Å². The molecule has 0 bridgehead atoms. The van der Waals surface area contributed by atoms with Gasteiger partial charge in [-0.3, -0.25) is 4.79 Å². The van der Waals surface area contributed by atoms with Crippen LogP contribution in [0.2, 0.25) is 5.02 Å². The Balaban J connectivity index is 2.07. The van der Waals surface area contributed by atoms with Crippen molar-refractivity contribution in [2.45, 2.75) is 4.90 Å². The van der Waals surface area contributed by atoms with Gasteiger partial charge in [-0.05, 0) is 43.4 Å². The molecule has 0 heterocycles. The number of nitrogens with one attached hydrogen (secondary N) is 2. The summed E-state index contributed by atoms with van der Waals surface area (Å²) in [5.41, 5.74) is -0.310. The summed E-state index contributed by atoms with van der Waals surface area (Å²) in [6, 6.07) is 7.49. The van der Waals surface area contributed by atoms with Crippen LogP contribution in [-0.4, -0.2) is 33.9 Å². The highest BCUT2D eigenvalue weighted by atomic mass is 79.9. The van der Waals surface area contributed by atoms with Crippen LogP contribution in [0.4, 0.5) is 10.1 Å². The van der Waals surface area contributed by atoms with Gasteiger partial charge in [-0.25, -0.2) is 22.3 Å². The number of amides is 1.